The average Bonchev–Trinajstić information content (AvgIpc) is 2.49. The van der Waals surface area contributed by atoms with Crippen LogP contribution < -0.4 is 0 Å². The van der Waals surface area contributed by atoms with Crippen molar-refractivity contribution in [3.8, 4) is 0 Å². The Hall–Kier alpha value is -1.06. The van der Waals surface area contributed by atoms with Gasteiger partial charge in [0.15, 0.2) is 5.78 Å². The molecule has 1 atom stereocenters. The molecule has 0 aromatic heterocycles. The fourth-order valence-corrected chi connectivity index (χ4v) is 3.45. The summed E-state index contributed by atoms with van der Waals surface area (Å²) in [6, 6.07) is 15.9. The van der Waals surface area contributed by atoms with Gasteiger partial charge in [-0.05, 0) is 47.0 Å². The van der Waals surface area contributed by atoms with Gasteiger partial charge < -0.3 is 0 Å². The molecule has 3 heteroatoms. The number of carbonyl (C=O) groups is 1. The molecule has 0 bridgehead atoms. The largest absolute Gasteiger partial charge is 0.293 e. The monoisotopic (exact) mass is 348 g/mol. The molecule has 104 valence electrons. The quantitative estimate of drug-likeness (QED) is 0.533. The highest BCUT2D eigenvalue weighted by atomic mass is 79.9. The number of rotatable bonds is 5. The van der Waals surface area contributed by atoms with Gasteiger partial charge in [-0.15, -0.1) is 11.8 Å². The van der Waals surface area contributed by atoms with Gasteiger partial charge in [0.25, 0.3) is 0 Å². The van der Waals surface area contributed by atoms with Crippen LogP contribution in [0.3, 0.4) is 0 Å². The van der Waals surface area contributed by atoms with Crippen LogP contribution >= 0.6 is 27.7 Å². The maximum absolute atomic E-state index is 12.4. The van der Waals surface area contributed by atoms with Crippen LogP contribution in [0.1, 0.15) is 29.8 Å². The molecule has 0 fully saturated rings. The van der Waals surface area contributed by atoms with Crippen LogP contribution in [0.25, 0.3) is 0 Å². The number of carbonyl (C=O) groups excluding carboxylic acids is 1. The predicted molar refractivity (Wildman–Crippen MR) is 89.6 cm³/mol. The molecule has 2 aromatic rings. The standard InChI is InChI=1S/C17H17BrOS/c1-3-13-8-10-14(11-9-13)17(19)12(2)20-16-7-5-4-6-15(16)18/h4-12H,3H2,1-2H3. The minimum Gasteiger partial charge on any atom is -0.293 e. The second-order valence-electron chi connectivity index (χ2n) is 4.61. The molecule has 0 amide bonds. The van der Waals surface area contributed by atoms with E-state index in [0.717, 1.165) is 21.4 Å². The molecule has 0 spiro atoms. The van der Waals surface area contributed by atoms with E-state index in [4.69, 9.17) is 0 Å². The summed E-state index contributed by atoms with van der Waals surface area (Å²) < 4.78 is 1.03. The van der Waals surface area contributed by atoms with Crippen molar-refractivity contribution >= 4 is 33.5 Å². The normalized spacial score (nSPS) is 12.2. The highest BCUT2D eigenvalue weighted by molar-refractivity contribution is 9.10. The number of hydrogen-bond acceptors (Lipinski definition) is 2. The Kier molecular flexibility index (Phi) is 5.44. The summed E-state index contributed by atoms with van der Waals surface area (Å²) in [6.07, 6.45) is 0.996. The van der Waals surface area contributed by atoms with Gasteiger partial charge in [-0.3, -0.25) is 4.79 Å². The lowest BCUT2D eigenvalue weighted by atomic mass is 10.1. The molecule has 0 radical (unpaired) electrons. The number of hydrogen-bond donors (Lipinski definition) is 0. The lowest BCUT2D eigenvalue weighted by Gasteiger charge is -2.12. The summed E-state index contributed by atoms with van der Waals surface area (Å²) in [7, 11) is 0. The second kappa shape index (κ2) is 7.09. The van der Waals surface area contributed by atoms with E-state index in [9.17, 15) is 4.79 Å². The Morgan fingerprint density at radius 2 is 1.80 bits per heavy atom. The van der Waals surface area contributed by atoms with Gasteiger partial charge in [-0.2, -0.15) is 0 Å². The molecule has 2 rings (SSSR count). The van der Waals surface area contributed by atoms with Crippen LogP contribution in [-0.4, -0.2) is 11.0 Å². The number of aryl methyl sites for hydroxylation is 1. The van der Waals surface area contributed by atoms with E-state index in [1.165, 1.54) is 5.56 Å². The summed E-state index contributed by atoms with van der Waals surface area (Å²) in [5.74, 6) is 0.174. The third-order valence-corrected chi connectivity index (χ3v) is 5.29. The van der Waals surface area contributed by atoms with Crippen molar-refractivity contribution < 1.29 is 4.79 Å². The highest BCUT2D eigenvalue weighted by Gasteiger charge is 2.17. The van der Waals surface area contributed by atoms with E-state index in [1.54, 1.807) is 11.8 Å². The molecule has 20 heavy (non-hydrogen) atoms. The molecule has 0 aliphatic carbocycles. The molecule has 0 aliphatic heterocycles. The molecular weight excluding hydrogens is 332 g/mol. The third-order valence-electron chi connectivity index (χ3n) is 3.16. The van der Waals surface area contributed by atoms with Crippen LogP contribution in [0, 0.1) is 0 Å². The first-order valence-corrected chi connectivity index (χ1v) is 8.33. The molecule has 1 nitrogen and oxygen atoms in total. The van der Waals surface area contributed by atoms with Gasteiger partial charge in [-0.25, -0.2) is 0 Å². The van der Waals surface area contributed by atoms with Crippen molar-refractivity contribution in [3.05, 3.63) is 64.1 Å². The number of halogens is 1. The fraction of sp³-hybridized carbons (Fsp3) is 0.235. The van der Waals surface area contributed by atoms with Crippen molar-refractivity contribution in [2.24, 2.45) is 0 Å². The Bertz CT molecular complexity index is 592. The zero-order chi connectivity index (χ0) is 14.5. The van der Waals surface area contributed by atoms with E-state index in [-0.39, 0.29) is 11.0 Å². The first-order chi connectivity index (χ1) is 9.61. The summed E-state index contributed by atoms with van der Waals surface area (Å²) in [6.45, 7) is 4.07. The summed E-state index contributed by atoms with van der Waals surface area (Å²) in [5, 5.41) is -0.0961. The minimum atomic E-state index is -0.0961. The first-order valence-electron chi connectivity index (χ1n) is 6.66. The van der Waals surface area contributed by atoms with Gasteiger partial charge in [-0.1, -0.05) is 43.3 Å². The Labute approximate surface area is 132 Å². The number of benzene rings is 2. The van der Waals surface area contributed by atoms with Gasteiger partial charge in [0.05, 0.1) is 5.25 Å². The summed E-state index contributed by atoms with van der Waals surface area (Å²) in [5.41, 5.74) is 2.04. The van der Waals surface area contributed by atoms with Crippen molar-refractivity contribution in [1.82, 2.24) is 0 Å². The molecule has 0 heterocycles. The zero-order valence-corrected chi connectivity index (χ0v) is 14.0. The maximum Gasteiger partial charge on any atom is 0.175 e. The van der Waals surface area contributed by atoms with Crippen molar-refractivity contribution in [2.75, 3.05) is 0 Å². The molecule has 0 N–H and O–H groups in total. The number of thioether (sulfide) groups is 1. The maximum atomic E-state index is 12.4. The van der Waals surface area contributed by atoms with Gasteiger partial charge in [0.1, 0.15) is 0 Å². The second-order valence-corrected chi connectivity index (χ2v) is 6.84. The SMILES string of the molecule is CCc1ccc(C(=O)C(C)Sc2ccccc2Br)cc1. The molecule has 0 saturated heterocycles. The van der Waals surface area contributed by atoms with Crippen LogP contribution in [0.4, 0.5) is 0 Å². The lowest BCUT2D eigenvalue weighted by Crippen LogP contribution is -2.13. The Morgan fingerprint density at radius 3 is 2.40 bits per heavy atom. The molecule has 2 aromatic carbocycles. The Morgan fingerprint density at radius 1 is 1.15 bits per heavy atom. The van der Waals surface area contributed by atoms with Crippen molar-refractivity contribution in [1.29, 1.82) is 0 Å². The zero-order valence-electron chi connectivity index (χ0n) is 11.6. The highest BCUT2D eigenvalue weighted by Crippen LogP contribution is 2.31. The minimum absolute atomic E-state index is 0.0961. The van der Waals surface area contributed by atoms with E-state index >= 15 is 0 Å². The van der Waals surface area contributed by atoms with Gasteiger partial charge in [0, 0.05) is 14.9 Å². The molecule has 1 unspecified atom stereocenters. The number of ketones is 1. The predicted octanol–water partition coefficient (Wildman–Crippen LogP) is 5.38. The van der Waals surface area contributed by atoms with E-state index < -0.39 is 0 Å². The van der Waals surface area contributed by atoms with Crippen LogP contribution in [0.5, 0.6) is 0 Å². The molecule has 0 saturated carbocycles. The smallest absolute Gasteiger partial charge is 0.175 e. The summed E-state index contributed by atoms with van der Waals surface area (Å²) >= 11 is 5.10. The van der Waals surface area contributed by atoms with Crippen LogP contribution in [0.2, 0.25) is 0 Å². The fourth-order valence-electron chi connectivity index (χ4n) is 1.92. The topological polar surface area (TPSA) is 17.1 Å². The average molecular weight is 349 g/mol. The number of Topliss-reactive ketones (excluding diaryl/α,β-unsaturated/α-hetero) is 1. The first kappa shape index (κ1) is 15.3. The molecular formula is C17H17BrOS. The van der Waals surface area contributed by atoms with Gasteiger partial charge >= 0.3 is 0 Å². The van der Waals surface area contributed by atoms with Crippen molar-refractivity contribution in [3.63, 3.8) is 0 Å². The van der Waals surface area contributed by atoms with Crippen molar-refractivity contribution in [2.45, 2.75) is 30.4 Å². The van der Waals surface area contributed by atoms with Gasteiger partial charge in [0.2, 0.25) is 0 Å². The summed E-state index contributed by atoms with van der Waals surface area (Å²) in [4.78, 5) is 13.5. The van der Waals surface area contributed by atoms with E-state index in [2.05, 4.69) is 22.9 Å². The third kappa shape index (κ3) is 3.74. The van der Waals surface area contributed by atoms with Crippen LogP contribution in [0.15, 0.2) is 57.9 Å². The lowest BCUT2D eigenvalue weighted by molar-refractivity contribution is 0.0994. The van der Waals surface area contributed by atoms with E-state index in [1.807, 2.05) is 55.5 Å². The molecule has 0 aliphatic rings. The van der Waals surface area contributed by atoms with Crippen LogP contribution in [-0.2, 0) is 6.42 Å². The Balaban J connectivity index is 2.10. The van der Waals surface area contributed by atoms with E-state index in [0.29, 0.717) is 0 Å².